The Bertz CT molecular complexity index is 367. The number of nitroso groups, excluding NO2 is 1. The van der Waals surface area contributed by atoms with Gasteiger partial charge >= 0.3 is 0 Å². The van der Waals surface area contributed by atoms with Crippen LogP contribution in [0.5, 0.6) is 0 Å². The average molecular weight is 232 g/mol. The Kier molecular flexibility index (Phi) is 1.61. The predicted molar refractivity (Wildman–Crippen MR) is 45.9 cm³/mol. The molecular formula is C7H5BrFN2O+. The molecule has 0 fully saturated rings. The van der Waals surface area contributed by atoms with Gasteiger partial charge < -0.3 is 5.32 Å². The fourth-order valence-electron chi connectivity index (χ4n) is 1.13. The maximum Gasteiger partial charge on any atom is 0.284 e. The van der Waals surface area contributed by atoms with Gasteiger partial charge in [0, 0.05) is 4.91 Å². The number of anilines is 1. The maximum atomic E-state index is 12.9. The van der Waals surface area contributed by atoms with Crippen molar-refractivity contribution in [3.63, 3.8) is 0 Å². The van der Waals surface area contributed by atoms with E-state index in [2.05, 4.69) is 21.2 Å². The van der Waals surface area contributed by atoms with Gasteiger partial charge in [0.15, 0.2) is 0 Å². The number of fused-ring (bicyclic) bond motifs is 1. The first-order valence-electron chi connectivity index (χ1n) is 3.36. The SMILES string of the molecule is O=[N+]1CNc2cc(Br)c(F)cc21. The predicted octanol–water partition coefficient (Wildman–Crippen LogP) is 2.38. The zero-order chi connectivity index (χ0) is 8.72. The van der Waals surface area contributed by atoms with E-state index in [-0.39, 0.29) is 6.67 Å². The standard InChI is InChI=1S/C7H5BrFN2O/c8-4-1-6-7(2-5(4)9)11(12)3-10-6/h1-2,10H,3H2/q+1. The Morgan fingerprint density at radius 2 is 2.33 bits per heavy atom. The van der Waals surface area contributed by atoms with Crippen molar-refractivity contribution >= 4 is 27.3 Å². The van der Waals surface area contributed by atoms with Gasteiger partial charge in [0.1, 0.15) is 11.5 Å². The number of benzene rings is 1. The molecule has 1 N–H and O–H groups in total. The summed E-state index contributed by atoms with van der Waals surface area (Å²) in [6.45, 7) is 0.186. The van der Waals surface area contributed by atoms with E-state index in [1.165, 1.54) is 6.07 Å². The molecule has 0 saturated carbocycles. The lowest BCUT2D eigenvalue weighted by Crippen LogP contribution is -2.00. The minimum absolute atomic E-state index is 0.186. The Morgan fingerprint density at radius 3 is 3.08 bits per heavy atom. The fourth-order valence-corrected chi connectivity index (χ4v) is 1.47. The van der Waals surface area contributed by atoms with Gasteiger partial charge in [0.2, 0.25) is 0 Å². The number of nitrogens with zero attached hydrogens (tertiary/aromatic N) is 1. The smallest absolute Gasteiger partial charge is 0.284 e. The second-order valence-electron chi connectivity index (χ2n) is 2.50. The van der Waals surface area contributed by atoms with Crippen molar-refractivity contribution in [3.05, 3.63) is 27.3 Å². The first-order valence-corrected chi connectivity index (χ1v) is 4.15. The normalized spacial score (nSPS) is 14.3. The third-order valence-electron chi connectivity index (χ3n) is 1.72. The molecule has 0 radical (unpaired) electrons. The molecule has 2 rings (SSSR count). The molecule has 1 aromatic carbocycles. The van der Waals surface area contributed by atoms with Crippen molar-refractivity contribution in [1.29, 1.82) is 0 Å². The molecule has 1 heterocycles. The van der Waals surface area contributed by atoms with Gasteiger partial charge in [-0.15, -0.1) is 0 Å². The molecule has 0 unspecified atom stereocenters. The quantitative estimate of drug-likeness (QED) is 0.696. The molecule has 1 aliphatic heterocycles. The maximum absolute atomic E-state index is 12.9. The van der Waals surface area contributed by atoms with Gasteiger partial charge in [-0.2, -0.15) is 0 Å². The highest BCUT2D eigenvalue weighted by atomic mass is 79.9. The van der Waals surface area contributed by atoms with Gasteiger partial charge in [0.25, 0.3) is 12.4 Å². The van der Waals surface area contributed by atoms with Crippen LogP contribution in [0.2, 0.25) is 0 Å². The molecule has 0 aromatic heterocycles. The largest absolute Gasteiger partial charge is 0.321 e. The van der Waals surface area contributed by atoms with E-state index in [1.54, 1.807) is 6.07 Å². The minimum Gasteiger partial charge on any atom is -0.321 e. The van der Waals surface area contributed by atoms with Crippen molar-refractivity contribution in [3.8, 4) is 0 Å². The van der Waals surface area contributed by atoms with E-state index < -0.39 is 5.82 Å². The summed E-state index contributed by atoms with van der Waals surface area (Å²) in [5, 5.41) is 2.83. The third-order valence-corrected chi connectivity index (χ3v) is 2.33. The molecule has 1 aliphatic rings. The lowest BCUT2D eigenvalue weighted by Gasteiger charge is -1.93. The molecule has 3 nitrogen and oxygen atoms in total. The van der Waals surface area contributed by atoms with Crippen LogP contribution in [0.1, 0.15) is 0 Å². The Morgan fingerprint density at radius 1 is 1.58 bits per heavy atom. The summed E-state index contributed by atoms with van der Waals surface area (Å²) in [4.78, 5) is 11.0. The molecular weight excluding hydrogens is 227 g/mol. The van der Waals surface area contributed by atoms with Crippen molar-refractivity contribution < 1.29 is 9.15 Å². The van der Waals surface area contributed by atoms with E-state index in [9.17, 15) is 9.30 Å². The summed E-state index contributed by atoms with van der Waals surface area (Å²) in [6.07, 6.45) is 0. The number of rotatable bonds is 0. The molecule has 0 saturated heterocycles. The van der Waals surface area contributed by atoms with E-state index in [1.807, 2.05) is 0 Å². The van der Waals surface area contributed by atoms with Gasteiger partial charge in [-0.1, -0.05) is 0 Å². The summed E-state index contributed by atoms with van der Waals surface area (Å²) >= 11 is 3.03. The minimum atomic E-state index is -0.418. The summed E-state index contributed by atoms with van der Waals surface area (Å²) in [5.74, 6) is -0.418. The molecule has 5 heteroatoms. The van der Waals surface area contributed by atoms with Crippen LogP contribution in [0.3, 0.4) is 0 Å². The highest BCUT2D eigenvalue weighted by Crippen LogP contribution is 2.33. The van der Waals surface area contributed by atoms with Gasteiger partial charge in [-0.25, -0.2) is 4.39 Å². The Hall–Kier alpha value is -0.970. The topological polar surface area (TPSA) is 32.1 Å². The van der Waals surface area contributed by atoms with Gasteiger partial charge in [0.05, 0.1) is 15.3 Å². The molecule has 0 aliphatic carbocycles. The van der Waals surface area contributed by atoms with Crippen molar-refractivity contribution in [2.24, 2.45) is 0 Å². The summed E-state index contributed by atoms with van der Waals surface area (Å²) in [7, 11) is 0. The zero-order valence-corrected chi connectivity index (χ0v) is 7.56. The van der Waals surface area contributed by atoms with Crippen molar-refractivity contribution in [2.75, 3.05) is 12.0 Å². The van der Waals surface area contributed by atoms with Crippen LogP contribution in [0.15, 0.2) is 16.6 Å². The van der Waals surface area contributed by atoms with Crippen LogP contribution in [0.4, 0.5) is 15.8 Å². The van der Waals surface area contributed by atoms with Crippen LogP contribution in [0, 0.1) is 10.7 Å². The molecule has 12 heavy (non-hydrogen) atoms. The van der Waals surface area contributed by atoms with Crippen molar-refractivity contribution in [2.45, 2.75) is 0 Å². The Balaban J connectivity index is 2.63. The van der Waals surface area contributed by atoms with Crippen molar-refractivity contribution in [1.82, 2.24) is 0 Å². The fraction of sp³-hybridized carbons (Fsp3) is 0.143. The number of hydrogen-bond donors (Lipinski definition) is 1. The summed E-state index contributed by atoms with van der Waals surface area (Å²) in [6, 6.07) is 2.77. The zero-order valence-electron chi connectivity index (χ0n) is 5.97. The highest BCUT2D eigenvalue weighted by molar-refractivity contribution is 9.10. The summed E-state index contributed by atoms with van der Waals surface area (Å²) in [5.41, 5.74) is 1.02. The lowest BCUT2D eigenvalue weighted by atomic mass is 10.3. The monoisotopic (exact) mass is 231 g/mol. The highest BCUT2D eigenvalue weighted by Gasteiger charge is 2.28. The molecule has 0 spiro atoms. The number of hydrogen-bond acceptors (Lipinski definition) is 2. The van der Waals surface area contributed by atoms with Crippen LogP contribution >= 0.6 is 15.9 Å². The first kappa shape index (κ1) is 7.67. The third kappa shape index (κ3) is 1.01. The van der Waals surface area contributed by atoms with E-state index in [0.717, 1.165) is 0 Å². The van der Waals surface area contributed by atoms with Crippen LogP contribution < -0.4 is 5.32 Å². The van der Waals surface area contributed by atoms with Crippen LogP contribution in [-0.4, -0.2) is 11.4 Å². The van der Waals surface area contributed by atoms with Crippen LogP contribution in [0.25, 0.3) is 0 Å². The summed E-state index contributed by atoms with van der Waals surface area (Å²) < 4.78 is 14.0. The second-order valence-corrected chi connectivity index (χ2v) is 3.35. The van der Waals surface area contributed by atoms with E-state index >= 15 is 0 Å². The van der Waals surface area contributed by atoms with E-state index in [0.29, 0.717) is 20.6 Å². The van der Waals surface area contributed by atoms with Crippen LogP contribution in [-0.2, 0) is 0 Å². The van der Waals surface area contributed by atoms with Gasteiger partial charge in [-0.05, 0) is 22.0 Å². The molecule has 0 bridgehead atoms. The average Bonchev–Trinajstić information content (AvgIpc) is 2.35. The number of nitrogens with one attached hydrogen (secondary N) is 1. The molecule has 1 aromatic rings. The second kappa shape index (κ2) is 2.52. The Labute approximate surface area is 76.3 Å². The van der Waals surface area contributed by atoms with E-state index in [4.69, 9.17) is 0 Å². The molecule has 0 amide bonds. The lowest BCUT2D eigenvalue weighted by molar-refractivity contribution is -0.447. The molecule has 62 valence electrons. The molecule has 0 atom stereocenters. The first-order chi connectivity index (χ1) is 5.68. The number of halogens is 2. The van der Waals surface area contributed by atoms with Gasteiger partial charge in [-0.3, -0.25) is 0 Å².